The van der Waals surface area contributed by atoms with E-state index in [1.165, 1.54) is 11.1 Å². The number of nitrogens with zero attached hydrogens (tertiary/aromatic N) is 4. The van der Waals surface area contributed by atoms with Gasteiger partial charge in [-0.05, 0) is 68.3 Å². The van der Waals surface area contributed by atoms with Crippen molar-refractivity contribution >= 4 is 47.2 Å². The summed E-state index contributed by atoms with van der Waals surface area (Å²) in [5, 5.41) is 17.0. The number of aliphatic hydroxyl groups excluding tert-OH is 1. The van der Waals surface area contributed by atoms with E-state index in [2.05, 4.69) is 36.5 Å². The van der Waals surface area contributed by atoms with Crippen LogP contribution in [0, 0.1) is 0 Å². The molecule has 2 heterocycles. The lowest BCUT2D eigenvalue weighted by Crippen LogP contribution is -2.51. The third kappa shape index (κ3) is 7.04. The Kier molecular flexibility index (Phi) is 9.52. The number of hydrogen-bond donors (Lipinski definition) is 3. The quantitative estimate of drug-likeness (QED) is 0.238. The first kappa shape index (κ1) is 29.8. The molecule has 11 heteroatoms. The predicted octanol–water partition coefficient (Wildman–Crippen LogP) is 4.73. The van der Waals surface area contributed by atoms with E-state index in [1.807, 2.05) is 30.3 Å². The molecule has 1 saturated heterocycles. The van der Waals surface area contributed by atoms with Crippen molar-refractivity contribution in [2.45, 2.75) is 31.7 Å². The van der Waals surface area contributed by atoms with Crippen LogP contribution in [0.4, 0.5) is 23.1 Å². The van der Waals surface area contributed by atoms with Crippen LogP contribution in [0.15, 0.2) is 42.6 Å². The summed E-state index contributed by atoms with van der Waals surface area (Å²) in [6.07, 6.45) is 5.75. The average Bonchev–Trinajstić information content (AvgIpc) is 3.18. The van der Waals surface area contributed by atoms with Crippen LogP contribution >= 0.6 is 18.7 Å². The van der Waals surface area contributed by atoms with Gasteiger partial charge in [-0.25, -0.2) is 4.98 Å². The molecule has 1 aliphatic heterocycles. The second kappa shape index (κ2) is 13.1. The number of anilines is 4. The van der Waals surface area contributed by atoms with Gasteiger partial charge in [0.2, 0.25) is 5.95 Å². The molecule has 0 radical (unpaired) electrons. The maximum absolute atomic E-state index is 12.8. The van der Waals surface area contributed by atoms with Gasteiger partial charge in [-0.15, -0.1) is 0 Å². The summed E-state index contributed by atoms with van der Waals surface area (Å²) in [4.78, 5) is 14.0. The van der Waals surface area contributed by atoms with E-state index in [4.69, 9.17) is 16.3 Å². The number of aliphatic hydroxyl groups is 1. The molecule has 0 bridgehead atoms. The fraction of sp³-hybridized carbons (Fsp3) is 0.467. The number of methoxy groups -OCH3 is 1. The molecule has 3 aromatic rings. The minimum absolute atomic E-state index is 0.223. The summed E-state index contributed by atoms with van der Waals surface area (Å²) in [6.45, 7) is 8.57. The number of β-amino-alcohol motifs (C(OH)–C–C–N with tert-alkyl or cyclic N) is 1. The molecule has 9 nitrogen and oxygen atoms in total. The van der Waals surface area contributed by atoms with E-state index in [9.17, 15) is 9.67 Å². The predicted molar refractivity (Wildman–Crippen MR) is 168 cm³/mol. The summed E-state index contributed by atoms with van der Waals surface area (Å²) in [6, 6.07) is 12.3. The average molecular weight is 599 g/mol. The highest BCUT2D eigenvalue weighted by atomic mass is 35.5. The van der Waals surface area contributed by atoms with E-state index in [-0.39, 0.29) is 6.61 Å². The van der Waals surface area contributed by atoms with Gasteiger partial charge >= 0.3 is 0 Å². The van der Waals surface area contributed by atoms with E-state index >= 15 is 0 Å². The van der Waals surface area contributed by atoms with Gasteiger partial charge in [0.1, 0.15) is 17.9 Å². The first-order valence-corrected chi connectivity index (χ1v) is 17.2. The molecule has 0 spiro atoms. The molecule has 2 aromatic carbocycles. The minimum atomic E-state index is -2.52. The van der Waals surface area contributed by atoms with Crippen molar-refractivity contribution in [1.29, 1.82) is 0 Å². The smallest absolute Gasteiger partial charge is 0.229 e. The summed E-state index contributed by atoms with van der Waals surface area (Å²) in [5.41, 5.74) is 4.08. The number of halogens is 1. The van der Waals surface area contributed by atoms with Crippen molar-refractivity contribution in [2.75, 3.05) is 70.4 Å². The molecule has 0 amide bonds. The summed E-state index contributed by atoms with van der Waals surface area (Å²) < 4.78 is 18.8. The number of nitrogens with one attached hydrogen (secondary N) is 2. The standard InChI is InChI=1S/C30H40ClN6O3P/c1-40-28-23-8-6-7-22(37-15-13-36(14-16-37)17-18-38)19-21(23)11-12-26(28)34-30-32-20-24(31)29(35-30)33-25-9-4-5-10-27(25)41(2,3)39/h4-5,9-12,20,22,38H,6-8,13-19H2,1-3H3,(H2,32,33,34,35). The van der Waals surface area contributed by atoms with Crippen molar-refractivity contribution in [2.24, 2.45) is 0 Å². The van der Waals surface area contributed by atoms with Crippen LogP contribution in [0.2, 0.25) is 5.02 Å². The Hall–Kier alpha value is -2.68. The highest BCUT2D eigenvalue weighted by molar-refractivity contribution is 7.70. The molecule has 2 aliphatic rings. The third-order valence-electron chi connectivity index (χ3n) is 8.05. The molecule has 5 rings (SSSR count). The molecule has 1 unspecified atom stereocenters. The number of fused-ring (bicyclic) bond motifs is 1. The second-order valence-electron chi connectivity index (χ2n) is 11.1. The zero-order valence-electron chi connectivity index (χ0n) is 24.1. The van der Waals surface area contributed by atoms with Gasteiger partial charge in [0.15, 0.2) is 5.82 Å². The maximum atomic E-state index is 12.8. The molecule has 41 heavy (non-hydrogen) atoms. The van der Waals surface area contributed by atoms with Crippen molar-refractivity contribution in [3.05, 3.63) is 58.7 Å². The van der Waals surface area contributed by atoms with Gasteiger partial charge < -0.3 is 25.0 Å². The lowest BCUT2D eigenvalue weighted by Gasteiger charge is -2.39. The van der Waals surface area contributed by atoms with Gasteiger partial charge in [-0.2, -0.15) is 4.98 Å². The first-order valence-electron chi connectivity index (χ1n) is 14.2. The van der Waals surface area contributed by atoms with Crippen molar-refractivity contribution in [3.63, 3.8) is 0 Å². The summed E-state index contributed by atoms with van der Waals surface area (Å²) in [5.74, 6) is 1.64. The largest absolute Gasteiger partial charge is 0.494 e. The molecule has 3 N–H and O–H groups in total. The first-order chi connectivity index (χ1) is 19.8. The van der Waals surface area contributed by atoms with Gasteiger partial charge in [-0.3, -0.25) is 9.80 Å². The number of benzene rings is 2. The minimum Gasteiger partial charge on any atom is -0.494 e. The maximum Gasteiger partial charge on any atom is 0.229 e. The van der Waals surface area contributed by atoms with Crippen LogP contribution < -0.4 is 20.7 Å². The zero-order valence-corrected chi connectivity index (χ0v) is 25.7. The molecular weight excluding hydrogens is 559 g/mol. The van der Waals surface area contributed by atoms with E-state index < -0.39 is 7.14 Å². The molecule has 1 fully saturated rings. The van der Waals surface area contributed by atoms with Crippen LogP contribution in [0.1, 0.15) is 24.0 Å². The topological polar surface area (TPSA) is 103 Å². The lowest BCUT2D eigenvalue weighted by molar-refractivity contribution is 0.0805. The number of hydrogen-bond acceptors (Lipinski definition) is 9. The number of rotatable bonds is 9. The summed E-state index contributed by atoms with van der Waals surface area (Å²) >= 11 is 6.46. The molecule has 0 saturated carbocycles. The SMILES string of the molecule is COc1c(Nc2ncc(Cl)c(Nc3ccccc3P(C)(C)=O)n2)ccc2c1CCCC(N1CCN(CCO)CC1)C2. The fourth-order valence-electron chi connectivity index (χ4n) is 5.95. The monoisotopic (exact) mass is 598 g/mol. The lowest BCUT2D eigenvalue weighted by atomic mass is 9.98. The van der Waals surface area contributed by atoms with Crippen LogP contribution in [0.25, 0.3) is 0 Å². The number of aromatic nitrogens is 2. The Bertz CT molecular complexity index is 1410. The van der Waals surface area contributed by atoms with Crippen molar-refractivity contribution in [3.8, 4) is 5.75 Å². The summed E-state index contributed by atoms with van der Waals surface area (Å²) in [7, 11) is -0.803. The Labute approximate surface area is 247 Å². The number of ether oxygens (including phenoxy) is 1. The van der Waals surface area contributed by atoms with E-state index in [0.29, 0.717) is 28.5 Å². The van der Waals surface area contributed by atoms with Gasteiger partial charge in [0, 0.05) is 44.1 Å². The Morgan fingerprint density at radius 3 is 2.61 bits per heavy atom. The Morgan fingerprint density at radius 2 is 1.88 bits per heavy atom. The molecule has 220 valence electrons. The van der Waals surface area contributed by atoms with Crippen molar-refractivity contribution in [1.82, 2.24) is 19.8 Å². The molecule has 1 aliphatic carbocycles. The van der Waals surface area contributed by atoms with Crippen LogP contribution in [-0.2, 0) is 17.4 Å². The van der Waals surface area contributed by atoms with Gasteiger partial charge in [-0.1, -0.05) is 29.8 Å². The fourth-order valence-corrected chi connectivity index (χ4v) is 7.25. The highest BCUT2D eigenvalue weighted by Crippen LogP contribution is 2.40. The second-order valence-corrected chi connectivity index (χ2v) is 14.7. The van der Waals surface area contributed by atoms with Crippen LogP contribution in [0.3, 0.4) is 0 Å². The third-order valence-corrected chi connectivity index (χ3v) is 9.88. The van der Waals surface area contributed by atoms with Gasteiger partial charge in [0.05, 0.1) is 31.3 Å². The molecule has 1 atom stereocenters. The molecule has 1 aromatic heterocycles. The number of para-hydroxylation sites is 1. The van der Waals surface area contributed by atoms with E-state index in [0.717, 1.165) is 75.1 Å². The van der Waals surface area contributed by atoms with Crippen molar-refractivity contribution < 1.29 is 14.4 Å². The molecular formula is C30H40ClN6O3P. The zero-order chi connectivity index (χ0) is 29.0. The Balaban J connectivity index is 1.34. The number of piperazine rings is 1. The normalized spacial score (nSPS) is 18.4. The highest BCUT2D eigenvalue weighted by Gasteiger charge is 2.28. The van der Waals surface area contributed by atoms with Crippen LogP contribution in [0.5, 0.6) is 5.75 Å². The Morgan fingerprint density at radius 1 is 1.10 bits per heavy atom. The van der Waals surface area contributed by atoms with Crippen LogP contribution in [-0.4, -0.2) is 90.7 Å². The van der Waals surface area contributed by atoms with Gasteiger partial charge in [0.25, 0.3) is 0 Å². The van der Waals surface area contributed by atoms with E-state index in [1.54, 1.807) is 26.6 Å².